The van der Waals surface area contributed by atoms with Crippen LogP contribution in [0.5, 0.6) is 5.75 Å². The van der Waals surface area contributed by atoms with E-state index in [0.29, 0.717) is 22.3 Å². The molecular formula is C24H32F2N4O2. The number of hydrogen-bond acceptors (Lipinski definition) is 4. The van der Waals surface area contributed by atoms with Crippen LogP contribution >= 0.6 is 0 Å². The fourth-order valence-electron chi connectivity index (χ4n) is 2.98. The van der Waals surface area contributed by atoms with Crippen molar-refractivity contribution in [1.82, 2.24) is 19.9 Å². The average molecular weight is 447 g/mol. The molecule has 0 bridgehead atoms. The number of aromatic nitrogens is 3. The Morgan fingerprint density at radius 1 is 1.19 bits per heavy atom. The van der Waals surface area contributed by atoms with E-state index in [2.05, 4.69) is 54.8 Å². The first-order valence-electron chi connectivity index (χ1n) is 10.7. The largest absolute Gasteiger partial charge is 0.434 e. The first kappa shape index (κ1) is 25.2. The predicted molar refractivity (Wildman–Crippen MR) is 122 cm³/mol. The van der Waals surface area contributed by atoms with E-state index in [1.807, 2.05) is 6.20 Å². The lowest BCUT2D eigenvalue weighted by atomic mass is 9.89. The first-order chi connectivity index (χ1) is 15.0. The fourth-order valence-corrected chi connectivity index (χ4v) is 2.98. The molecule has 2 aromatic heterocycles. The van der Waals surface area contributed by atoms with Crippen molar-refractivity contribution in [3.05, 3.63) is 47.4 Å². The minimum Gasteiger partial charge on any atom is -0.434 e. The molecule has 1 aromatic carbocycles. The van der Waals surface area contributed by atoms with Gasteiger partial charge in [0.25, 0.3) is 5.91 Å². The van der Waals surface area contributed by atoms with Gasteiger partial charge in [0, 0.05) is 25.0 Å². The average Bonchev–Trinajstić information content (AvgIpc) is 3.15. The molecule has 2 heterocycles. The molecule has 8 heteroatoms. The van der Waals surface area contributed by atoms with Gasteiger partial charge in [0.1, 0.15) is 5.75 Å². The summed E-state index contributed by atoms with van der Waals surface area (Å²) in [5.74, 6) is -0.678. The Hall–Kier alpha value is -3.03. The van der Waals surface area contributed by atoms with Crippen molar-refractivity contribution >= 4 is 11.6 Å². The number of carbonyl (C=O) groups is 1. The van der Waals surface area contributed by atoms with E-state index in [-0.39, 0.29) is 16.7 Å². The van der Waals surface area contributed by atoms with E-state index in [1.165, 1.54) is 26.0 Å². The number of benzene rings is 1. The molecule has 0 fully saturated rings. The van der Waals surface area contributed by atoms with E-state index < -0.39 is 12.5 Å². The number of nitrogens with one attached hydrogen (secondary N) is 1. The van der Waals surface area contributed by atoms with Crippen LogP contribution in [0.25, 0.3) is 16.8 Å². The summed E-state index contributed by atoms with van der Waals surface area (Å²) < 4.78 is 32.1. The SMILES string of the molecule is CCCC.CNC(=O)c1c(C)cc(-c2cnn3cc(C(C)(C)C)cnc23)cc1OC(F)F. The second-order valence-electron chi connectivity index (χ2n) is 8.54. The van der Waals surface area contributed by atoms with Crippen LogP contribution in [-0.4, -0.2) is 34.2 Å². The van der Waals surface area contributed by atoms with Crippen LogP contribution in [0.4, 0.5) is 8.78 Å². The zero-order valence-corrected chi connectivity index (χ0v) is 19.8. The predicted octanol–water partition coefficient (Wildman–Crippen LogP) is 5.77. The number of nitrogens with zero attached hydrogens (tertiary/aromatic N) is 3. The Labute approximate surface area is 188 Å². The van der Waals surface area contributed by atoms with E-state index in [4.69, 9.17) is 0 Å². The number of ether oxygens (including phenoxy) is 1. The summed E-state index contributed by atoms with van der Waals surface area (Å²) in [5.41, 5.74) is 3.35. The van der Waals surface area contributed by atoms with E-state index in [9.17, 15) is 13.6 Å². The van der Waals surface area contributed by atoms with Gasteiger partial charge >= 0.3 is 6.61 Å². The van der Waals surface area contributed by atoms with Gasteiger partial charge in [-0.15, -0.1) is 0 Å². The zero-order chi connectivity index (χ0) is 24.1. The van der Waals surface area contributed by atoms with Crippen LogP contribution in [0.3, 0.4) is 0 Å². The van der Waals surface area contributed by atoms with Gasteiger partial charge < -0.3 is 10.1 Å². The number of aryl methyl sites for hydroxylation is 1. The molecule has 0 aliphatic rings. The third-order valence-corrected chi connectivity index (χ3v) is 5.00. The summed E-state index contributed by atoms with van der Waals surface area (Å²) in [5, 5.41) is 6.80. The maximum atomic E-state index is 12.9. The molecule has 1 N–H and O–H groups in total. The molecule has 0 atom stereocenters. The van der Waals surface area contributed by atoms with Crippen LogP contribution in [0.1, 0.15) is 68.9 Å². The molecule has 0 saturated carbocycles. The van der Waals surface area contributed by atoms with Crippen molar-refractivity contribution in [2.75, 3.05) is 7.05 Å². The highest BCUT2D eigenvalue weighted by atomic mass is 19.3. The van der Waals surface area contributed by atoms with Gasteiger partial charge in [-0.25, -0.2) is 9.50 Å². The molecule has 0 unspecified atom stereocenters. The van der Waals surface area contributed by atoms with Crippen molar-refractivity contribution in [2.45, 2.75) is 66.4 Å². The first-order valence-corrected chi connectivity index (χ1v) is 10.7. The molecule has 6 nitrogen and oxygen atoms in total. The molecule has 3 rings (SSSR count). The molecule has 0 saturated heterocycles. The summed E-state index contributed by atoms with van der Waals surface area (Å²) in [6.07, 6.45) is 7.94. The highest BCUT2D eigenvalue weighted by Gasteiger charge is 2.21. The van der Waals surface area contributed by atoms with Gasteiger partial charge in [0.2, 0.25) is 0 Å². The van der Waals surface area contributed by atoms with E-state index in [1.54, 1.807) is 29.9 Å². The number of rotatable bonds is 5. The monoisotopic (exact) mass is 446 g/mol. The van der Waals surface area contributed by atoms with E-state index in [0.717, 1.165) is 5.56 Å². The second kappa shape index (κ2) is 10.5. The topological polar surface area (TPSA) is 68.5 Å². The number of carbonyl (C=O) groups excluding carboxylic acids is 1. The van der Waals surface area contributed by atoms with Crippen LogP contribution in [-0.2, 0) is 5.41 Å². The van der Waals surface area contributed by atoms with Crippen LogP contribution in [0.15, 0.2) is 30.7 Å². The maximum Gasteiger partial charge on any atom is 0.387 e. The van der Waals surface area contributed by atoms with Crippen molar-refractivity contribution < 1.29 is 18.3 Å². The molecule has 1 amide bonds. The molecular weight excluding hydrogens is 414 g/mol. The third-order valence-electron chi connectivity index (χ3n) is 5.00. The van der Waals surface area contributed by atoms with Gasteiger partial charge in [-0.1, -0.05) is 53.5 Å². The van der Waals surface area contributed by atoms with Gasteiger partial charge in [-0.3, -0.25) is 4.79 Å². The van der Waals surface area contributed by atoms with E-state index >= 15 is 0 Å². The van der Waals surface area contributed by atoms with Crippen molar-refractivity contribution in [3.63, 3.8) is 0 Å². The highest BCUT2D eigenvalue weighted by molar-refractivity contribution is 5.99. The number of hydrogen-bond donors (Lipinski definition) is 1. The normalized spacial score (nSPS) is 11.3. The Balaban J connectivity index is 0.000000837. The van der Waals surface area contributed by atoms with Gasteiger partial charge in [-0.2, -0.15) is 13.9 Å². The van der Waals surface area contributed by atoms with Crippen LogP contribution in [0, 0.1) is 6.92 Å². The smallest absolute Gasteiger partial charge is 0.387 e. The third kappa shape index (κ3) is 5.81. The Morgan fingerprint density at radius 2 is 1.84 bits per heavy atom. The number of halogens is 2. The summed E-state index contributed by atoms with van der Waals surface area (Å²) in [4.78, 5) is 16.6. The van der Waals surface area contributed by atoms with Crippen LogP contribution < -0.4 is 10.1 Å². The number of alkyl halides is 2. The minimum atomic E-state index is -3.05. The highest BCUT2D eigenvalue weighted by Crippen LogP contribution is 2.33. The second-order valence-corrected chi connectivity index (χ2v) is 8.54. The molecule has 3 aromatic rings. The van der Waals surface area contributed by atoms with Crippen molar-refractivity contribution in [3.8, 4) is 16.9 Å². The maximum absolute atomic E-state index is 12.9. The molecule has 174 valence electrons. The lowest BCUT2D eigenvalue weighted by Crippen LogP contribution is -2.21. The fraction of sp³-hybridized carbons (Fsp3) is 0.458. The number of amides is 1. The molecule has 0 radical (unpaired) electrons. The van der Waals surface area contributed by atoms with Crippen LogP contribution in [0.2, 0.25) is 0 Å². The van der Waals surface area contributed by atoms with Gasteiger partial charge in [-0.05, 0) is 35.1 Å². The quantitative estimate of drug-likeness (QED) is 0.540. The summed E-state index contributed by atoms with van der Waals surface area (Å²) >= 11 is 0. The number of unbranched alkanes of at least 4 members (excludes halogenated alkanes) is 1. The lowest BCUT2D eigenvalue weighted by molar-refractivity contribution is -0.0501. The minimum absolute atomic E-state index is 0.0750. The Bertz CT molecular complexity index is 1070. The molecule has 0 aliphatic carbocycles. The Kier molecular flexibility index (Phi) is 8.30. The molecule has 0 aliphatic heterocycles. The summed E-state index contributed by atoms with van der Waals surface area (Å²) in [6.45, 7) is 9.22. The Morgan fingerprint density at radius 3 is 2.38 bits per heavy atom. The zero-order valence-electron chi connectivity index (χ0n) is 19.8. The standard InChI is InChI=1S/C20H22F2N4O2.C4H10/c1-11-6-12(7-15(28-19(21)22)16(11)18(27)23-5)14-9-25-26-10-13(20(2,3)4)8-24-17(14)26;1-3-4-2/h6-10,19H,1-5H3,(H,23,27);3-4H2,1-2H3. The van der Waals surface area contributed by atoms with Gasteiger partial charge in [0.15, 0.2) is 5.65 Å². The lowest BCUT2D eigenvalue weighted by Gasteiger charge is -2.18. The number of fused-ring (bicyclic) bond motifs is 1. The van der Waals surface area contributed by atoms with Crippen molar-refractivity contribution in [2.24, 2.45) is 0 Å². The summed E-state index contributed by atoms with van der Waals surface area (Å²) in [7, 11) is 1.43. The summed E-state index contributed by atoms with van der Waals surface area (Å²) in [6, 6.07) is 3.15. The molecule has 0 spiro atoms. The molecule has 32 heavy (non-hydrogen) atoms. The van der Waals surface area contributed by atoms with Gasteiger partial charge in [0.05, 0.1) is 11.8 Å². The van der Waals surface area contributed by atoms with Crippen molar-refractivity contribution in [1.29, 1.82) is 0 Å².